The summed E-state index contributed by atoms with van der Waals surface area (Å²) in [6.45, 7) is 8.07. The van der Waals surface area contributed by atoms with Crippen LogP contribution in [0.15, 0.2) is 52.4 Å². The van der Waals surface area contributed by atoms with Gasteiger partial charge in [-0.25, -0.2) is 4.98 Å². The summed E-state index contributed by atoms with van der Waals surface area (Å²) in [4.78, 5) is 31.3. The Bertz CT molecular complexity index is 1400. The van der Waals surface area contributed by atoms with E-state index in [4.69, 9.17) is 14.5 Å². The van der Waals surface area contributed by atoms with Crippen molar-refractivity contribution in [3.05, 3.63) is 48.1 Å². The highest BCUT2D eigenvalue weighted by molar-refractivity contribution is 8.15. The molecular weight excluding hydrogens is 518 g/mol. The molecule has 8 heteroatoms. The van der Waals surface area contributed by atoms with Gasteiger partial charge in [0.25, 0.3) is 0 Å². The lowest BCUT2D eigenvalue weighted by Crippen LogP contribution is -2.63. The number of ether oxygens (including phenoxy) is 2. The van der Waals surface area contributed by atoms with Crippen LogP contribution in [0.5, 0.6) is 0 Å². The van der Waals surface area contributed by atoms with Crippen LogP contribution in [0, 0.1) is 28.6 Å². The van der Waals surface area contributed by atoms with Gasteiger partial charge >= 0.3 is 0 Å². The number of allylic oxidation sites excluding steroid dienone is 4. The summed E-state index contributed by atoms with van der Waals surface area (Å²) in [5.41, 5.74) is -0.124. The number of fused-ring (bicyclic) bond motifs is 8. The van der Waals surface area contributed by atoms with Gasteiger partial charge in [0.05, 0.1) is 22.4 Å². The van der Waals surface area contributed by atoms with Crippen molar-refractivity contribution in [3.8, 4) is 0 Å². The van der Waals surface area contributed by atoms with Crippen LogP contribution in [0.1, 0.15) is 53.4 Å². The molecule has 1 aromatic heterocycles. The monoisotopic (exact) mass is 551 g/mol. The highest BCUT2D eigenvalue weighted by atomic mass is 32.2. The van der Waals surface area contributed by atoms with E-state index >= 15 is 0 Å². The van der Waals surface area contributed by atoms with Gasteiger partial charge in [-0.2, -0.15) is 0 Å². The van der Waals surface area contributed by atoms with Crippen LogP contribution < -0.4 is 0 Å². The Morgan fingerprint density at radius 3 is 2.79 bits per heavy atom. The number of thiazole rings is 1. The number of nitrogens with zero attached hydrogens (tertiary/aromatic N) is 1. The molecule has 0 spiro atoms. The smallest absolute Gasteiger partial charge is 0.231 e. The Morgan fingerprint density at radius 2 is 2.00 bits per heavy atom. The average Bonchev–Trinajstić information content (AvgIpc) is 3.45. The topological polar surface area (TPSA) is 85.7 Å². The molecule has 8 atom stereocenters. The number of aliphatic hydroxyl groups is 1. The maximum atomic E-state index is 14.4. The van der Waals surface area contributed by atoms with Crippen molar-refractivity contribution in [2.75, 3.05) is 0 Å². The van der Waals surface area contributed by atoms with E-state index in [1.54, 1.807) is 12.2 Å². The van der Waals surface area contributed by atoms with Crippen molar-refractivity contribution in [2.45, 2.75) is 81.3 Å². The first-order valence-corrected chi connectivity index (χ1v) is 15.2. The molecule has 2 aromatic rings. The lowest BCUT2D eigenvalue weighted by molar-refractivity contribution is -0.221. The van der Waals surface area contributed by atoms with Crippen LogP contribution >= 0.6 is 23.1 Å². The van der Waals surface area contributed by atoms with Crippen molar-refractivity contribution >= 4 is 44.2 Å². The van der Waals surface area contributed by atoms with Gasteiger partial charge in [-0.3, -0.25) is 9.59 Å². The van der Waals surface area contributed by atoms with Crippen molar-refractivity contribution < 1.29 is 24.2 Å². The predicted octanol–water partition coefficient (Wildman–Crippen LogP) is 5.69. The Hall–Kier alpha value is -1.84. The van der Waals surface area contributed by atoms with Crippen molar-refractivity contribution in [2.24, 2.45) is 28.6 Å². The molecule has 3 saturated carbocycles. The first-order valence-electron chi connectivity index (χ1n) is 13.5. The van der Waals surface area contributed by atoms with E-state index in [2.05, 4.69) is 13.8 Å². The summed E-state index contributed by atoms with van der Waals surface area (Å²) < 4.78 is 15.0. The second-order valence-corrected chi connectivity index (χ2v) is 14.9. The molecule has 38 heavy (non-hydrogen) atoms. The third-order valence-corrected chi connectivity index (χ3v) is 12.3. The molecule has 0 radical (unpaired) electrons. The lowest BCUT2D eigenvalue weighted by atomic mass is 9.46. The van der Waals surface area contributed by atoms with Gasteiger partial charge in [0.15, 0.2) is 21.5 Å². The number of rotatable bonds is 2. The van der Waals surface area contributed by atoms with E-state index in [1.165, 1.54) is 11.3 Å². The normalized spacial score (nSPS) is 42.8. The van der Waals surface area contributed by atoms with E-state index in [0.29, 0.717) is 10.8 Å². The Kier molecular flexibility index (Phi) is 5.36. The summed E-state index contributed by atoms with van der Waals surface area (Å²) in [5, 5.41) is 11.8. The molecule has 4 aliphatic carbocycles. The largest absolute Gasteiger partial charge is 0.393 e. The highest BCUT2D eigenvalue weighted by Crippen LogP contribution is 2.71. The Morgan fingerprint density at radius 1 is 1.21 bits per heavy atom. The van der Waals surface area contributed by atoms with Gasteiger partial charge in [-0.1, -0.05) is 37.6 Å². The van der Waals surface area contributed by atoms with Gasteiger partial charge in [-0.05, 0) is 87.4 Å². The first-order chi connectivity index (χ1) is 18.0. The SMILES string of the molecule is CC1(C)O[C@@H]2CC3C4CCC5=CC(=O)C=CC5(C)C4C(O)CC3(C)[C@]2(C(=O)Sc2nc3ccccc3s2)O1. The molecule has 1 N–H and O–H groups in total. The molecule has 6 unspecified atom stereocenters. The summed E-state index contributed by atoms with van der Waals surface area (Å²) in [7, 11) is 0. The van der Waals surface area contributed by atoms with Gasteiger partial charge in [0.2, 0.25) is 5.12 Å². The van der Waals surface area contributed by atoms with Crippen molar-refractivity contribution in [1.82, 2.24) is 4.98 Å². The van der Waals surface area contributed by atoms with Crippen molar-refractivity contribution in [3.63, 3.8) is 0 Å². The minimum atomic E-state index is -1.18. The standard InChI is InChI=1S/C30H33NO5S2/c1-27(2)35-23-14-19-18-10-9-16-13-17(32)11-12-28(16,3)24(18)21(33)15-29(19,4)30(23,36-27)25(34)38-26-31-20-7-5-6-8-22(20)37-26/h5-8,11-13,18-19,21,23-24,33H,9-10,14-15H2,1-4H3/t18?,19?,21?,23-,24?,28?,29?,30+/m1/s1. The van der Waals surface area contributed by atoms with Crippen LogP contribution in [0.3, 0.4) is 0 Å². The van der Waals surface area contributed by atoms with Crippen LogP contribution in [0.4, 0.5) is 0 Å². The molecule has 2 heterocycles. The van der Waals surface area contributed by atoms with Gasteiger partial charge in [0.1, 0.15) is 0 Å². The fraction of sp³-hybridized carbons (Fsp3) is 0.567. The number of carbonyl (C=O) groups excluding carboxylic acids is 2. The summed E-state index contributed by atoms with van der Waals surface area (Å²) in [6.07, 6.45) is 7.31. The third-order valence-electron chi connectivity index (χ3n) is 10.2. The number of aliphatic hydroxyl groups excluding tert-OH is 1. The van der Waals surface area contributed by atoms with Crippen LogP contribution in [-0.2, 0) is 19.1 Å². The van der Waals surface area contributed by atoms with Crippen molar-refractivity contribution in [1.29, 1.82) is 0 Å². The summed E-state index contributed by atoms with van der Waals surface area (Å²) in [5.74, 6) is -0.531. The zero-order valence-electron chi connectivity index (χ0n) is 22.1. The molecule has 1 saturated heterocycles. The fourth-order valence-electron chi connectivity index (χ4n) is 8.82. The second kappa shape index (κ2) is 8.10. The van der Waals surface area contributed by atoms with Crippen LogP contribution in [0.25, 0.3) is 10.2 Å². The quantitative estimate of drug-likeness (QED) is 0.480. The molecule has 0 bridgehead atoms. The van der Waals surface area contributed by atoms with Gasteiger partial charge < -0.3 is 14.6 Å². The lowest BCUT2D eigenvalue weighted by Gasteiger charge is -2.59. The van der Waals surface area contributed by atoms with E-state index in [-0.39, 0.29) is 40.2 Å². The van der Waals surface area contributed by atoms with E-state index in [0.717, 1.165) is 46.8 Å². The van der Waals surface area contributed by atoms with E-state index in [9.17, 15) is 14.7 Å². The number of carbonyl (C=O) groups is 2. The summed E-state index contributed by atoms with van der Waals surface area (Å²) in [6, 6.07) is 7.91. The molecular formula is C30H33NO5S2. The molecule has 200 valence electrons. The number of ketones is 1. The molecule has 1 aromatic carbocycles. The molecule has 4 fully saturated rings. The maximum Gasteiger partial charge on any atom is 0.231 e. The molecule has 0 amide bonds. The zero-order chi connectivity index (χ0) is 26.7. The number of thioether (sulfide) groups is 1. The minimum Gasteiger partial charge on any atom is -0.393 e. The Balaban J connectivity index is 1.28. The average molecular weight is 552 g/mol. The first kappa shape index (κ1) is 25.1. The fourth-order valence-corrected chi connectivity index (χ4v) is 11.0. The van der Waals surface area contributed by atoms with Gasteiger partial charge in [0, 0.05) is 16.7 Å². The Labute approximate surface area is 230 Å². The molecule has 7 rings (SSSR count). The minimum absolute atomic E-state index is 0.0131. The third kappa shape index (κ3) is 3.27. The predicted molar refractivity (Wildman–Crippen MR) is 147 cm³/mol. The van der Waals surface area contributed by atoms with E-state index < -0.39 is 22.9 Å². The maximum absolute atomic E-state index is 14.4. The molecule has 5 aliphatic rings. The van der Waals surface area contributed by atoms with Gasteiger partial charge in [-0.15, -0.1) is 11.3 Å². The van der Waals surface area contributed by atoms with Crippen LogP contribution in [0.2, 0.25) is 0 Å². The number of benzene rings is 1. The second-order valence-electron chi connectivity index (χ2n) is 12.6. The molecule has 6 nitrogen and oxygen atoms in total. The summed E-state index contributed by atoms with van der Waals surface area (Å²) >= 11 is 2.68. The van der Waals surface area contributed by atoms with E-state index in [1.807, 2.05) is 44.2 Å². The number of hydrogen-bond acceptors (Lipinski definition) is 8. The zero-order valence-corrected chi connectivity index (χ0v) is 23.7. The van der Waals surface area contributed by atoms with Crippen LogP contribution in [-0.4, -0.2) is 44.6 Å². The number of hydrogen-bond donors (Lipinski definition) is 1. The number of aromatic nitrogens is 1. The number of para-hydroxylation sites is 1. The highest BCUT2D eigenvalue weighted by Gasteiger charge is 2.77. The molecule has 1 aliphatic heterocycles.